The third kappa shape index (κ3) is 2.35. The van der Waals surface area contributed by atoms with Crippen molar-refractivity contribution in [3.8, 4) is 0 Å². The summed E-state index contributed by atoms with van der Waals surface area (Å²) in [6, 6.07) is 3.43. The third-order valence-electron chi connectivity index (χ3n) is 4.33. The van der Waals surface area contributed by atoms with Crippen LogP contribution in [0.15, 0.2) is 21.7 Å². The van der Waals surface area contributed by atoms with Crippen LogP contribution in [0.3, 0.4) is 0 Å². The van der Waals surface area contributed by atoms with Gasteiger partial charge in [0.05, 0.1) is 6.10 Å². The van der Waals surface area contributed by atoms with E-state index in [0.29, 0.717) is 10.8 Å². The average Bonchev–Trinajstić information content (AvgIpc) is 3.10. The molecule has 2 heterocycles. The van der Waals surface area contributed by atoms with Crippen molar-refractivity contribution in [3.63, 3.8) is 0 Å². The summed E-state index contributed by atoms with van der Waals surface area (Å²) in [6.07, 6.45) is 4.22. The molecule has 1 aliphatic heterocycles. The molecular weight excluding hydrogens is 282 g/mol. The topological polar surface area (TPSA) is 57.6 Å². The summed E-state index contributed by atoms with van der Waals surface area (Å²) in [5.41, 5.74) is 0. The van der Waals surface area contributed by atoms with Crippen molar-refractivity contribution in [1.29, 1.82) is 0 Å². The van der Waals surface area contributed by atoms with Gasteiger partial charge in [-0.15, -0.1) is 11.3 Å². The summed E-state index contributed by atoms with van der Waals surface area (Å²) in [6.45, 7) is 0.591. The number of hydrogen-bond acceptors (Lipinski definition) is 4. The fourth-order valence-corrected chi connectivity index (χ4v) is 6.29. The molecule has 1 saturated heterocycles. The molecule has 0 spiro atoms. The van der Waals surface area contributed by atoms with E-state index < -0.39 is 10.0 Å². The highest BCUT2D eigenvalue weighted by Crippen LogP contribution is 2.38. The van der Waals surface area contributed by atoms with E-state index in [1.165, 1.54) is 11.3 Å². The summed E-state index contributed by atoms with van der Waals surface area (Å²) in [5.74, 6) is 0.122. The Labute approximate surface area is 118 Å². The summed E-state index contributed by atoms with van der Waals surface area (Å²) in [7, 11) is -3.36. The van der Waals surface area contributed by atoms with Gasteiger partial charge in [0.15, 0.2) is 0 Å². The quantitative estimate of drug-likeness (QED) is 0.929. The normalized spacial score (nSPS) is 33.0. The zero-order chi connectivity index (χ0) is 13.5. The second-order valence-corrected chi connectivity index (χ2v) is 8.48. The molecule has 3 unspecified atom stereocenters. The molecule has 3 atom stereocenters. The number of sulfonamides is 1. The molecular formula is C13H19NO3S2. The molecule has 0 bridgehead atoms. The van der Waals surface area contributed by atoms with Crippen molar-refractivity contribution in [2.24, 2.45) is 5.92 Å². The van der Waals surface area contributed by atoms with Gasteiger partial charge in [0, 0.05) is 18.5 Å². The standard InChI is InChI=1S/C13H19NO3S2/c15-12-6-1-4-10(12)11-5-2-8-14(11)19(16,17)13-7-3-9-18-13/h3,7,9-12,15H,1-2,4-6,8H2. The molecule has 19 heavy (non-hydrogen) atoms. The van der Waals surface area contributed by atoms with Crippen molar-refractivity contribution < 1.29 is 13.5 Å². The first kappa shape index (κ1) is 13.5. The first-order valence-corrected chi connectivity index (χ1v) is 9.16. The Morgan fingerprint density at radius 1 is 1.26 bits per heavy atom. The molecule has 4 nitrogen and oxygen atoms in total. The highest BCUT2D eigenvalue weighted by molar-refractivity contribution is 7.91. The molecule has 1 aromatic heterocycles. The molecule has 1 saturated carbocycles. The number of hydrogen-bond donors (Lipinski definition) is 1. The van der Waals surface area contributed by atoms with Crippen molar-refractivity contribution in [1.82, 2.24) is 4.31 Å². The van der Waals surface area contributed by atoms with E-state index in [1.54, 1.807) is 21.8 Å². The molecule has 6 heteroatoms. The smallest absolute Gasteiger partial charge is 0.252 e. The van der Waals surface area contributed by atoms with Gasteiger partial charge in [0.1, 0.15) is 4.21 Å². The zero-order valence-electron chi connectivity index (χ0n) is 10.7. The molecule has 106 valence electrons. The average molecular weight is 301 g/mol. The van der Waals surface area contributed by atoms with Crippen LogP contribution in [0.5, 0.6) is 0 Å². The van der Waals surface area contributed by atoms with Gasteiger partial charge in [-0.2, -0.15) is 4.31 Å². The first-order valence-electron chi connectivity index (χ1n) is 6.84. The van der Waals surface area contributed by atoms with Crippen LogP contribution in [0, 0.1) is 5.92 Å². The largest absolute Gasteiger partial charge is 0.393 e. The minimum Gasteiger partial charge on any atom is -0.393 e. The molecule has 0 radical (unpaired) electrons. The third-order valence-corrected chi connectivity index (χ3v) is 7.63. The monoisotopic (exact) mass is 301 g/mol. The van der Waals surface area contributed by atoms with Crippen LogP contribution in [0.4, 0.5) is 0 Å². The Balaban J connectivity index is 1.87. The molecule has 2 fully saturated rings. The van der Waals surface area contributed by atoms with E-state index in [9.17, 15) is 13.5 Å². The maximum Gasteiger partial charge on any atom is 0.252 e. The lowest BCUT2D eigenvalue weighted by Gasteiger charge is -2.30. The van der Waals surface area contributed by atoms with Crippen LogP contribution in [0.25, 0.3) is 0 Å². The van der Waals surface area contributed by atoms with E-state index in [0.717, 1.165) is 32.1 Å². The van der Waals surface area contributed by atoms with Gasteiger partial charge in [-0.25, -0.2) is 8.42 Å². The van der Waals surface area contributed by atoms with Crippen molar-refractivity contribution in [2.45, 2.75) is 48.5 Å². The second kappa shape index (κ2) is 5.16. The van der Waals surface area contributed by atoms with Gasteiger partial charge < -0.3 is 5.11 Å². The van der Waals surface area contributed by atoms with E-state index in [2.05, 4.69) is 0 Å². The Morgan fingerprint density at radius 2 is 2.11 bits per heavy atom. The Kier molecular flexibility index (Phi) is 3.68. The predicted molar refractivity (Wildman–Crippen MR) is 74.6 cm³/mol. The fraction of sp³-hybridized carbons (Fsp3) is 0.692. The van der Waals surface area contributed by atoms with Gasteiger partial charge >= 0.3 is 0 Å². The Bertz CT molecular complexity index is 526. The van der Waals surface area contributed by atoms with Crippen molar-refractivity contribution >= 4 is 21.4 Å². The number of thiophene rings is 1. The van der Waals surface area contributed by atoms with E-state index in [1.807, 2.05) is 0 Å². The zero-order valence-corrected chi connectivity index (χ0v) is 12.4. The van der Waals surface area contributed by atoms with E-state index in [-0.39, 0.29) is 18.1 Å². The minimum atomic E-state index is -3.36. The Morgan fingerprint density at radius 3 is 2.74 bits per heavy atom. The van der Waals surface area contributed by atoms with Crippen LogP contribution in [-0.2, 0) is 10.0 Å². The minimum absolute atomic E-state index is 0.00963. The summed E-state index contributed by atoms with van der Waals surface area (Å²) >= 11 is 1.27. The molecule has 1 N–H and O–H groups in total. The SMILES string of the molecule is O=S(=O)(c1cccs1)N1CCCC1C1CCCC1O. The van der Waals surface area contributed by atoms with Crippen LogP contribution in [-0.4, -0.2) is 36.5 Å². The van der Waals surface area contributed by atoms with Crippen molar-refractivity contribution in [3.05, 3.63) is 17.5 Å². The molecule has 3 rings (SSSR count). The van der Waals surface area contributed by atoms with Gasteiger partial charge in [0.25, 0.3) is 10.0 Å². The maximum atomic E-state index is 12.6. The van der Waals surface area contributed by atoms with Gasteiger partial charge in [-0.05, 0) is 37.1 Å². The number of aliphatic hydroxyl groups excluding tert-OH is 1. The summed E-state index contributed by atoms with van der Waals surface area (Å²) < 4.78 is 27.3. The number of nitrogens with zero attached hydrogens (tertiary/aromatic N) is 1. The van der Waals surface area contributed by atoms with Gasteiger partial charge in [-0.3, -0.25) is 0 Å². The van der Waals surface area contributed by atoms with Gasteiger partial charge in [0.2, 0.25) is 0 Å². The lowest BCUT2D eigenvalue weighted by molar-refractivity contribution is 0.0975. The molecule has 1 aliphatic carbocycles. The molecule has 0 amide bonds. The maximum absolute atomic E-state index is 12.6. The molecule has 0 aromatic carbocycles. The lowest BCUT2D eigenvalue weighted by atomic mass is 9.95. The summed E-state index contributed by atoms with van der Waals surface area (Å²) in [5, 5.41) is 11.8. The van der Waals surface area contributed by atoms with E-state index in [4.69, 9.17) is 0 Å². The fourth-order valence-electron chi connectivity index (χ4n) is 3.44. The van der Waals surface area contributed by atoms with Crippen LogP contribution in [0.1, 0.15) is 32.1 Å². The first-order chi connectivity index (χ1) is 9.10. The molecule has 2 aliphatic rings. The molecule has 1 aromatic rings. The van der Waals surface area contributed by atoms with Crippen molar-refractivity contribution in [2.75, 3.05) is 6.54 Å². The summed E-state index contributed by atoms with van der Waals surface area (Å²) in [4.78, 5) is 0. The number of rotatable bonds is 3. The predicted octanol–water partition coefficient (Wildman–Crippen LogP) is 2.06. The lowest BCUT2D eigenvalue weighted by Crippen LogP contribution is -2.42. The van der Waals surface area contributed by atoms with Gasteiger partial charge in [-0.1, -0.05) is 12.5 Å². The van der Waals surface area contributed by atoms with E-state index >= 15 is 0 Å². The van der Waals surface area contributed by atoms with Crippen LogP contribution in [0.2, 0.25) is 0 Å². The van der Waals surface area contributed by atoms with Crippen LogP contribution < -0.4 is 0 Å². The number of aliphatic hydroxyl groups is 1. The Hall–Kier alpha value is -0.430. The van der Waals surface area contributed by atoms with Crippen LogP contribution >= 0.6 is 11.3 Å². The highest BCUT2D eigenvalue weighted by atomic mass is 32.2. The second-order valence-electron chi connectivity index (χ2n) is 5.42. The highest BCUT2D eigenvalue weighted by Gasteiger charge is 2.43.